The van der Waals surface area contributed by atoms with Gasteiger partial charge in [0.05, 0.1) is 4.91 Å². The largest absolute Gasteiger partial charge is 0.296 e. The molecule has 0 rings (SSSR count). The summed E-state index contributed by atoms with van der Waals surface area (Å²) >= 11 is 9.05. The van der Waals surface area contributed by atoms with E-state index >= 15 is 0 Å². The maximum atomic E-state index is 4.54. The Balaban J connectivity index is 5.42. The summed E-state index contributed by atoms with van der Waals surface area (Å²) in [6.45, 7) is 8.08. The molecule has 0 bridgehead atoms. The Kier molecular flexibility index (Phi) is 9.34. The molecule has 0 aromatic heterocycles. The van der Waals surface area contributed by atoms with E-state index in [4.69, 9.17) is 0 Å². The highest BCUT2D eigenvalue weighted by Crippen LogP contribution is 2.17. The number of thiol groups is 2. The van der Waals surface area contributed by atoms with Crippen LogP contribution < -0.4 is 0 Å². The molecule has 0 radical (unpaired) electrons. The second-order valence-corrected chi connectivity index (χ2v) is 5.46. The van der Waals surface area contributed by atoms with Crippen molar-refractivity contribution in [1.29, 1.82) is 0 Å². The molecule has 0 N–H and O–H groups in total. The average molecular weight is 310 g/mol. The van der Waals surface area contributed by atoms with Gasteiger partial charge in [0.25, 0.3) is 0 Å². The Hall–Kier alpha value is -1.00. The lowest BCUT2D eigenvalue weighted by Gasteiger charge is -2.02. The van der Waals surface area contributed by atoms with Crippen LogP contribution in [0.5, 0.6) is 0 Å². The smallest absolute Gasteiger partial charge is 0.182 e. The maximum Gasteiger partial charge on any atom is 0.182 e. The van der Waals surface area contributed by atoms with Gasteiger partial charge in [-0.15, -0.1) is 25.3 Å². The monoisotopic (exact) mass is 309 g/mol. The minimum atomic E-state index is 0.866. The molecular weight excluding hydrogens is 284 g/mol. The van der Waals surface area contributed by atoms with E-state index in [0.717, 1.165) is 21.0 Å². The molecule has 0 aromatic rings. The van der Waals surface area contributed by atoms with Gasteiger partial charge in [-0.3, -0.25) is 4.99 Å². The molecule has 0 aliphatic heterocycles. The van der Waals surface area contributed by atoms with Crippen molar-refractivity contribution in [2.75, 3.05) is 14.1 Å². The molecule has 0 aromatic carbocycles. The predicted molar refractivity (Wildman–Crippen MR) is 98.6 cm³/mol. The summed E-state index contributed by atoms with van der Waals surface area (Å²) < 4.78 is 1.98. The molecule has 0 unspecified atom stereocenters. The lowest BCUT2D eigenvalue weighted by Crippen LogP contribution is -2.03. The van der Waals surface area contributed by atoms with Crippen LogP contribution in [0.2, 0.25) is 0 Å². The Morgan fingerprint density at radius 3 is 2.00 bits per heavy atom. The minimum Gasteiger partial charge on any atom is -0.296 e. The molecule has 2 nitrogen and oxygen atoms in total. The van der Waals surface area contributed by atoms with E-state index in [1.807, 2.05) is 50.0 Å². The van der Waals surface area contributed by atoms with Gasteiger partial charge in [0.2, 0.25) is 0 Å². The molecule has 0 fully saturated rings. The Bertz CT molecular complexity index is 515. The second kappa shape index (κ2) is 9.83. The van der Waals surface area contributed by atoms with E-state index in [1.54, 1.807) is 13.3 Å². The van der Waals surface area contributed by atoms with Crippen LogP contribution in [0.4, 0.5) is 0 Å². The van der Waals surface area contributed by atoms with E-state index in [0.29, 0.717) is 0 Å². The van der Waals surface area contributed by atoms with Gasteiger partial charge in [0.1, 0.15) is 7.05 Å². The number of rotatable bonds is 5. The maximum absolute atomic E-state index is 4.54. The molecule has 0 aliphatic rings. The molecule has 20 heavy (non-hydrogen) atoms. The van der Waals surface area contributed by atoms with Crippen molar-refractivity contribution in [3.8, 4) is 0 Å². The van der Waals surface area contributed by atoms with Crippen LogP contribution in [0.3, 0.4) is 0 Å². The van der Waals surface area contributed by atoms with Crippen molar-refractivity contribution >= 4 is 37.7 Å². The molecule has 0 amide bonds. The summed E-state index contributed by atoms with van der Waals surface area (Å²) in [6, 6.07) is 0. The molecule has 0 heterocycles. The highest BCUT2D eigenvalue weighted by molar-refractivity contribution is 7.85. The number of hydrogen-bond acceptors (Lipinski definition) is 3. The Morgan fingerprint density at radius 2 is 1.60 bits per heavy atom. The molecule has 0 saturated carbocycles. The number of allylic oxidation sites excluding steroid dienone is 5. The van der Waals surface area contributed by atoms with Crippen LogP contribution >= 0.6 is 25.3 Å². The van der Waals surface area contributed by atoms with E-state index in [2.05, 4.69) is 44.1 Å². The summed E-state index contributed by atoms with van der Waals surface area (Å²) in [5, 5.41) is 0. The highest BCUT2D eigenvalue weighted by atomic mass is 32.1. The average Bonchev–Trinajstić information content (AvgIpc) is 2.40. The number of nitrogens with zero attached hydrogens (tertiary/aromatic N) is 2. The summed E-state index contributed by atoms with van der Waals surface area (Å²) in [5.41, 5.74) is 3.26. The predicted octanol–water partition coefficient (Wildman–Crippen LogP) is 4.29. The van der Waals surface area contributed by atoms with Crippen LogP contribution in [0.25, 0.3) is 0 Å². The normalized spacial score (nSPS) is 15.0. The minimum absolute atomic E-state index is 0.866. The van der Waals surface area contributed by atoms with E-state index < -0.39 is 0 Å². The van der Waals surface area contributed by atoms with E-state index in [-0.39, 0.29) is 0 Å². The second-order valence-electron chi connectivity index (χ2n) is 4.53. The van der Waals surface area contributed by atoms with E-state index in [1.165, 1.54) is 5.57 Å². The number of aliphatic imine (C=N–C) groups is 1. The molecule has 0 aliphatic carbocycles. The van der Waals surface area contributed by atoms with Crippen molar-refractivity contribution < 1.29 is 4.58 Å². The molecule has 110 valence electrons. The van der Waals surface area contributed by atoms with Crippen molar-refractivity contribution in [3.05, 3.63) is 44.9 Å². The summed E-state index contributed by atoms with van der Waals surface area (Å²) in [7, 11) is 3.72. The zero-order chi connectivity index (χ0) is 15.7. The fraction of sp³-hybridized carbons (Fsp3) is 0.375. The molecule has 4 heteroatoms. The van der Waals surface area contributed by atoms with Crippen LogP contribution in [0.15, 0.2) is 49.9 Å². The lowest BCUT2D eigenvalue weighted by atomic mass is 10.2. The first kappa shape index (κ1) is 19.0. The van der Waals surface area contributed by atoms with Gasteiger partial charge in [-0.05, 0) is 27.7 Å². The first-order valence-electron chi connectivity index (χ1n) is 6.46. The van der Waals surface area contributed by atoms with Gasteiger partial charge < -0.3 is 0 Å². The number of hydrogen-bond donors (Lipinski definition) is 2. The van der Waals surface area contributed by atoms with Crippen LogP contribution in [-0.2, 0) is 0 Å². The zero-order valence-corrected chi connectivity index (χ0v) is 15.0. The first-order chi connectivity index (χ1) is 9.37. The quantitative estimate of drug-likeness (QED) is 0.326. The van der Waals surface area contributed by atoms with Crippen LogP contribution in [-0.4, -0.2) is 31.1 Å². The summed E-state index contributed by atoms with van der Waals surface area (Å²) in [5.74, 6) is 0. The van der Waals surface area contributed by atoms with Crippen molar-refractivity contribution in [1.82, 2.24) is 0 Å². The molecule has 0 spiro atoms. The molecule has 0 atom stereocenters. The lowest BCUT2D eigenvalue weighted by molar-refractivity contribution is -0.416. The third-order valence-corrected chi connectivity index (χ3v) is 3.68. The SMILES string of the molecule is CC=C(C=NC)\C(S)=C/[N+](C)=C\C(=C\C)C(S)=C(C)C. The topological polar surface area (TPSA) is 15.4 Å². The van der Waals surface area contributed by atoms with Crippen LogP contribution in [0.1, 0.15) is 27.7 Å². The standard InChI is InChI=1S/C16H24N2S2/c1-7-13(9-17-5)15(19)11-18(6)10-14(8-2)16(20)12(3)4/h7-11H,1-6H3,(H-,19,20)/p+1/b13-7?,14-8-,15-11+,17-9?,18-10-. The van der Waals surface area contributed by atoms with Crippen molar-refractivity contribution in [2.24, 2.45) is 4.99 Å². The van der Waals surface area contributed by atoms with Gasteiger partial charge in [0.15, 0.2) is 12.4 Å². The van der Waals surface area contributed by atoms with Crippen LogP contribution in [0, 0.1) is 0 Å². The fourth-order valence-electron chi connectivity index (χ4n) is 1.51. The van der Waals surface area contributed by atoms with E-state index in [9.17, 15) is 0 Å². The third-order valence-electron chi connectivity index (χ3n) is 2.60. The zero-order valence-electron chi connectivity index (χ0n) is 13.2. The third kappa shape index (κ3) is 6.44. The Morgan fingerprint density at radius 1 is 1.05 bits per heavy atom. The summed E-state index contributed by atoms with van der Waals surface area (Å²) in [6.07, 6.45) is 9.80. The highest BCUT2D eigenvalue weighted by Gasteiger charge is 2.05. The van der Waals surface area contributed by atoms with Gasteiger partial charge in [0, 0.05) is 29.3 Å². The van der Waals surface area contributed by atoms with Gasteiger partial charge in [-0.25, -0.2) is 4.58 Å². The van der Waals surface area contributed by atoms with Crippen molar-refractivity contribution in [2.45, 2.75) is 27.7 Å². The Labute approximate surface area is 134 Å². The molecule has 0 saturated heterocycles. The molecular formula is C16H25N2S2+. The summed E-state index contributed by atoms with van der Waals surface area (Å²) in [4.78, 5) is 5.88. The van der Waals surface area contributed by atoms with Gasteiger partial charge in [-0.2, -0.15) is 0 Å². The van der Waals surface area contributed by atoms with Gasteiger partial charge in [-0.1, -0.05) is 17.7 Å². The van der Waals surface area contributed by atoms with Gasteiger partial charge >= 0.3 is 0 Å². The van der Waals surface area contributed by atoms with Crippen molar-refractivity contribution in [3.63, 3.8) is 0 Å². The fourth-order valence-corrected chi connectivity index (χ4v) is 2.07. The first-order valence-corrected chi connectivity index (χ1v) is 7.36.